The van der Waals surface area contributed by atoms with Crippen LogP contribution in [0.1, 0.15) is 49.0 Å². The number of urea groups is 1. The maximum atomic E-state index is 12.4. The van der Waals surface area contributed by atoms with Gasteiger partial charge >= 0.3 is 6.03 Å². The van der Waals surface area contributed by atoms with Crippen LogP contribution >= 0.6 is 11.3 Å². The van der Waals surface area contributed by atoms with Crippen LogP contribution in [0.4, 0.5) is 4.79 Å². The highest BCUT2D eigenvalue weighted by atomic mass is 32.1. The lowest BCUT2D eigenvalue weighted by Gasteiger charge is -2.27. The Morgan fingerprint density at radius 2 is 2.26 bits per heavy atom. The van der Waals surface area contributed by atoms with Crippen molar-refractivity contribution in [1.29, 1.82) is 0 Å². The summed E-state index contributed by atoms with van der Waals surface area (Å²) in [5, 5.41) is 7.10. The molecule has 2 heterocycles. The van der Waals surface area contributed by atoms with Crippen LogP contribution < -0.4 is 10.6 Å². The van der Waals surface area contributed by atoms with Crippen molar-refractivity contribution in [2.75, 3.05) is 0 Å². The Morgan fingerprint density at radius 1 is 1.43 bits per heavy atom. The fourth-order valence-corrected chi connectivity index (χ4v) is 3.94. The van der Waals surface area contributed by atoms with Gasteiger partial charge in [-0.15, -0.1) is 11.3 Å². The van der Waals surface area contributed by atoms with Crippen LogP contribution in [0.5, 0.6) is 0 Å². The highest BCUT2D eigenvalue weighted by Gasteiger charge is 2.32. The number of nitrogens with one attached hydrogen (secondary N) is 2. The van der Waals surface area contributed by atoms with E-state index in [-0.39, 0.29) is 18.1 Å². The third-order valence-corrected chi connectivity index (χ3v) is 5.52. The number of aromatic nitrogens is 3. The van der Waals surface area contributed by atoms with E-state index in [4.69, 9.17) is 0 Å². The second kappa shape index (κ2) is 6.31. The van der Waals surface area contributed by atoms with Crippen molar-refractivity contribution >= 4 is 17.4 Å². The smallest absolute Gasteiger partial charge is 0.315 e. The Balaban J connectivity index is 1.62. The summed E-state index contributed by atoms with van der Waals surface area (Å²) in [5.74, 6) is 0. The molecule has 0 aromatic carbocycles. The van der Waals surface area contributed by atoms with Gasteiger partial charge in [0.15, 0.2) is 0 Å². The Bertz CT molecular complexity index is 664. The number of rotatable bonds is 4. The van der Waals surface area contributed by atoms with Crippen molar-refractivity contribution in [2.24, 2.45) is 0 Å². The number of amides is 2. The highest BCUT2D eigenvalue weighted by Crippen LogP contribution is 2.30. The summed E-state index contributed by atoms with van der Waals surface area (Å²) < 4.78 is 2.09. The van der Waals surface area contributed by atoms with Crippen LogP contribution in [0.3, 0.4) is 0 Å². The van der Waals surface area contributed by atoms with Gasteiger partial charge in [-0.3, -0.25) is 0 Å². The first-order valence-electron chi connectivity index (χ1n) is 7.95. The van der Waals surface area contributed by atoms with Crippen molar-refractivity contribution in [3.63, 3.8) is 0 Å². The number of carbonyl (C=O) groups excluding carboxylic acids is 1. The van der Waals surface area contributed by atoms with E-state index in [9.17, 15) is 4.79 Å². The monoisotopic (exact) mass is 333 g/mol. The van der Waals surface area contributed by atoms with Gasteiger partial charge in [0.05, 0.1) is 23.9 Å². The summed E-state index contributed by atoms with van der Waals surface area (Å²) in [4.78, 5) is 22.1. The first-order chi connectivity index (χ1) is 11.0. The molecule has 1 saturated carbocycles. The molecule has 1 fully saturated rings. The molecular formula is C16H23N5OS. The molecule has 0 bridgehead atoms. The second-order valence-electron chi connectivity index (χ2n) is 6.61. The van der Waals surface area contributed by atoms with Gasteiger partial charge in [-0.2, -0.15) is 0 Å². The van der Waals surface area contributed by atoms with Crippen LogP contribution in [-0.2, 0) is 5.54 Å². The number of carbonyl (C=O) groups is 1. The summed E-state index contributed by atoms with van der Waals surface area (Å²) in [6.45, 7) is 5.98. The van der Waals surface area contributed by atoms with Crippen LogP contribution in [-0.4, -0.2) is 26.6 Å². The number of nitrogens with zero attached hydrogens (tertiary/aromatic N) is 3. The minimum absolute atomic E-state index is 0.137. The molecule has 3 rings (SSSR count). The molecule has 23 heavy (non-hydrogen) atoms. The number of imidazole rings is 1. The van der Waals surface area contributed by atoms with E-state index in [0.29, 0.717) is 0 Å². The normalized spacial score (nSPS) is 21.3. The third-order valence-electron chi connectivity index (χ3n) is 4.29. The average molecular weight is 333 g/mol. The molecule has 0 unspecified atom stereocenters. The van der Waals surface area contributed by atoms with Crippen LogP contribution in [0, 0.1) is 6.92 Å². The summed E-state index contributed by atoms with van der Waals surface area (Å²) >= 11 is 1.61. The van der Waals surface area contributed by atoms with Crippen LogP contribution in [0.2, 0.25) is 0 Å². The molecule has 124 valence electrons. The molecule has 2 aromatic rings. The van der Waals surface area contributed by atoms with E-state index < -0.39 is 5.54 Å². The molecule has 2 N–H and O–H groups in total. The molecule has 1 aliphatic carbocycles. The van der Waals surface area contributed by atoms with Gasteiger partial charge < -0.3 is 15.2 Å². The quantitative estimate of drug-likeness (QED) is 0.903. The largest absolute Gasteiger partial charge is 0.333 e. The number of hydrogen-bond donors (Lipinski definition) is 2. The van der Waals surface area contributed by atoms with Gasteiger partial charge in [-0.25, -0.2) is 14.8 Å². The van der Waals surface area contributed by atoms with Gasteiger partial charge in [-0.1, -0.05) is 0 Å². The minimum Gasteiger partial charge on any atom is -0.333 e. The lowest BCUT2D eigenvalue weighted by Crippen LogP contribution is -2.50. The van der Waals surface area contributed by atoms with Gasteiger partial charge in [0, 0.05) is 23.5 Å². The molecule has 7 heteroatoms. The Morgan fingerprint density at radius 3 is 2.91 bits per heavy atom. The van der Waals surface area contributed by atoms with E-state index >= 15 is 0 Å². The Kier molecular flexibility index (Phi) is 4.39. The fourth-order valence-electron chi connectivity index (χ4n) is 3.12. The predicted octanol–water partition coefficient (Wildman–Crippen LogP) is 2.98. The fraction of sp³-hybridized carbons (Fsp3) is 0.562. The summed E-state index contributed by atoms with van der Waals surface area (Å²) in [6.07, 6.45) is 10.6. The van der Waals surface area contributed by atoms with E-state index in [1.165, 1.54) is 0 Å². The molecule has 0 spiro atoms. The zero-order valence-electron chi connectivity index (χ0n) is 13.7. The average Bonchev–Trinajstić information content (AvgIpc) is 3.17. The zero-order valence-corrected chi connectivity index (χ0v) is 14.6. The van der Waals surface area contributed by atoms with Gasteiger partial charge in [0.2, 0.25) is 0 Å². The first-order valence-corrected chi connectivity index (χ1v) is 8.76. The highest BCUT2D eigenvalue weighted by molar-refractivity contribution is 7.11. The third kappa shape index (κ3) is 3.55. The molecule has 2 aromatic heterocycles. The van der Waals surface area contributed by atoms with E-state index in [2.05, 4.69) is 25.2 Å². The van der Waals surface area contributed by atoms with Crippen molar-refractivity contribution in [3.8, 4) is 0 Å². The zero-order chi connectivity index (χ0) is 16.4. The first kappa shape index (κ1) is 16.0. The van der Waals surface area contributed by atoms with Crippen molar-refractivity contribution in [2.45, 2.75) is 57.7 Å². The van der Waals surface area contributed by atoms with E-state index in [0.717, 1.165) is 29.1 Å². The van der Waals surface area contributed by atoms with Gasteiger partial charge in [0.25, 0.3) is 0 Å². The molecule has 2 amide bonds. The van der Waals surface area contributed by atoms with Crippen LogP contribution in [0.15, 0.2) is 24.9 Å². The molecule has 2 atom stereocenters. The Hall–Kier alpha value is -1.89. The summed E-state index contributed by atoms with van der Waals surface area (Å²) in [5.41, 5.74) is -0.480. The summed E-state index contributed by atoms with van der Waals surface area (Å²) in [6, 6.07) is 0.284. The molecular weight excluding hydrogens is 310 g/mol. The van der Waals surface area contributed by atoms with E-state index in [1.807, 2.05) is 39.5 Å². The lowest BCUT2D eigenvalue weighted by atomic mass is 10.1. The van der Waals surface area contributed by atoms with Crippen LogP contribution in [0.25, 0.3) is 0 Å². The summed E-state index contributed by atoms with van der Waals surface area (Å²) in [7, 11) is 0. The van der Waals surface area contributed by atoms with E-state index in [1.54, 1.807) is 17.5 Å². The number of aryl methyl sites for hydroxylation is 1. The maximum Gasteiger partial charge on any atom is 0.315 e. The minimum atomic E-state index is -0.480. The van der Waals surface area contributed by atoms with Crippen molar-refractivity contribution < 1.29 is 4.79 Å². The molecule has 0 radical (unpaired) electrons. The molecule has 0 aliphatic heterocycles. The molecule has 0 saturated heterocycles. The van der Waals surface area contributed by atoms with Gasteiger partial charge in [0.1, 0.15) is 5.01 Å². The topological polar surface area (TPSA) is 71.8 Å². The number of thiazole rings is 1. The standard InChI is InChI=1S/C16H23N5OS/c1-11-9-18-14(23-11)16(2,3)20-15(22)19-12-5-4-6-13(12)21-8-7-17-10-21/h7-10,12-13H,4-6H2,1-3H3,(H2,19,20,22)/t12-,13-/m0/s1. The molecule has 1 aliphatic rings. The lowest BCUT2D eigenvalue weighted by molar-refractivity contribution is 0.222. The SMILES string of the molecule is Cc1cnc(C(C)(C)NC(=O)N[C@H]2CCC[C@@H]2n2ccnc2)s1. The van der Waals surface area contributed by atoms with Gasteiger partial charge in [-0.05, 0) is 40.0 Å². The second-order valence-corrected chi connectivity index (χ2v) is 7.85. The van der Waals surface area contributed by atoms with Crippen molar-refractivity contribution in [3.05, 3.63) is 34.8 Å². The number of hydrogen-bond acceptors (Lipinski definition) is 4. The molecule has 6 nitrogen and oxygen atoms in total. The maximum absolute atomic E-state index is 12.4. The Labute approximate surface area is 140 Å². The predicted molar refractivity (Wildman–Crippen MR) is 90.4 cm³/mol. The van der Waals surface area contributed by atoms with Crippen molar-refractivity contribution in [1.82, 2.24) is 25.2 Å².